The number of alkyl halides is 3. The molecule has 0 bridgehead atoms. The summed E-state index contributed by atoms with van der Waals surface area (Å²) in [5, 5.41) is 0.250. The molecule has 0 aliphatic heterocycles. The largest absolute Gasteiger partial charge is 0.462 e. The molecule has 0 saturated heterocycles. The van der Waals surface area contributed by atoms with Gasteiger partial charge in [0.25, 0.3) is 5.91 Å². The molecule has 1 amide bonds. The molecule has 2 rings (SSSR count). The summed E-state index contributed by atoms with van der Waals surface area (Å²) in [4.78, 5) is 30.6. The van der Waals surface area contributed by atoms with Crippen LogP contribution in [0.2, 0.25) is 0 Å². The molecule has 9 heteroatoms. The van der Waals surface area contributed by atoms with Gasteiger partial charge in [0.2, 0.25) is 0 Å². The first-order valence-electron chi connectivity index (χ1n) is 8.32. The standard InChI is InChI=1S/C18H19F3N2O3S/c1-4-9-23(17-22-11(3)14(27-17)16(25)26-5-2)15(24)12-7-6-8-13(10-12)18(19,20)21/h6-8,10H,4-5,9H2,1-3H3. The van der Waals surface area contributed by atoms with Crippen LogP contribution in [-0.2, 0) is 10.9 Å². The van der Waals surface area contributed by atoms with Gasteiger partial charge in [-0.2, -0.15) is 13.2 Å². The Bertz CT molecular complexity index is 833. The smallest absolute Gasteiger partial charge is 0.416 e. The summed E-state index contributed by atoms with van der Waals surface area (Å²) in [5.41, 5.74) is -0.581. The van der Waals surface area contributed by atoms with Crippen LogP contribution in [0.4, 0.5) is 18.3 Å². The fourth-order valence-corrected chi connectivity index (χ4v) is 3.36. The maximum atomic E-state index is 12.9. The van der Waals surface area contributed by atoms with E-state index in [9.17, 15) is 22.8 Å². The van der Waals surface area contributed by atoms with E-state index >= 15 is 0 Å². The average molecular weight is 400 g/mol. The van der Waals surface area contributed by atoms with E-state index in [4.69, 9.17) is 4.74 Å². The third-order valence-corrected chi connectivity index (χ3v) is 4.77. The minimum atomic E-state index is -4.54. The summed E-state index contributed by atoms with van der Waals surface area (Å²) in [6.07, 6.45) is -3.97. The summed E-state index contributed by atoms with van der Waals surface area (Å²) in [5.74, 6) is -1.14. The number of hydrogen-bond acceptors (Lipinski definition) is 5. The van der Waals surface area contributed by atoms with Crippen molar-refractivity contribution in [3.63, 3.8) is 0 Å². The van der Waals surface area contributed by atoms with Crippen molar-refractivity contribution in [2.24, 2.45) is 0 Å². The normalized spacial score (nSPS) is 11.3. The van der Waals surface area contributed by atoms with E-state index in [1.54, 1.807) is 13.8 Å². The van der Waals surface area contributed by atoms with E-state index in [0.717, 1.165) is 23.5 Å². The van der Waals surface area contributed by atoms with Crippen LogP contribution in [0.1, 0.15) is 51.6 Å². The molecule has 0 atom stereocenters. The quantitative estimate of drug-likeness (QED) is 0.660. The molecule has 0 aliphatic rings. The highest BCUT2D eigenvalue weighted by molar-refractivity contribution is 7.17. The van der Waals surface area contributed by atoms with Gasteiger partial charge in [-0.05, 0) is 38.5 Å². The first-order valence-corrected chi connectivity index (χ1v) is 9.14. The van der Waals surface area contributed by atoms with E-state index in [-0.39, 0.29) is 28.7 Å². The van der Waals surface area contributed by atoms with Gasteiger partial charge in [0, 0.05) is 12.1 Å². The Morgan fingerprint density at radius 3 is 2.56 bits per heavy atom. The molecule has 0 fully saturated rings. The van der Waals surface area contributed by atoms with Crippen molar-refractivity contribution in [3.8, 4) is 0 Å². The zero-order valence-electron chi connectivity index (χ0n) is 15.1. The molecule has 146 valence electrons. The van der Waals surface area contributed by atoms with Crippen molar-refractivity contribution in [1.82, 2.24) is 4.98 Å². The van der Waals surface area contributed by atoms with E-state index in [2.05, 4.69) is 4.98 Å². The molecular formula is C18H19F3N2O3S. The van der Waals surface area contributed by atoms with Crippen molar-refractivity contribution < 1.29 is 27.5 Å². The first-order chi connectivity index (χ1) is 12.7. The predicted molar refractivity (Wildman–Crippen MR) is 96.2 cm³/mol. The van der Waals surface area contributed by atoms with Crippen molar-refractivity contribution in [2.45, 2.75) is 33.4 Å². The van der Waals surface area contributed by atoms with Crippen LogP contribution in [-0.4, -0.2) is 30.0 Å². The second-order valence-electron chi connectivity index (χ2n) is 5.67. The van der Waals surface area contributed by atoms with Gasteiger partial charge in [-0.15, -0.1) is 0 Å². The second-order valence-corrected chi connectivity index (χ2v) is 6.64. The number of carbonyl (C=O) groups is 2. The van der Waals surface area contributed by atoms with Crippen molar-refractivity contribution >= 4 is 28.3 Å². The molecule has 0 spiro atoms. The minimum Gasteiger partial charge on any atom is -0.462 e. The van der Waals surface area contributed by atoms with Gasteiger partial charge in [0.15, 0.2) is 5.13 Å². The molecule has 0 radical (unpaired) electrons. The number of ether oxygens (including phenoxy) is 1. The van der Waals surface area contributed by atoms with E-state index in [1.807, 2.05) is 6.92 Å². The molecule has 5 nitrogen and oxygen atoms in total. The van der Waals surface area contributed by atoms with Crippen LogP contribution in [0, 0.1) is 6.92 Å². The van der Waals surface area contributed by atoms with E-state index in [0.29, 0.717) is 12.1 Å². The minimum absolute atomic E-state index is 0.0937. The number of carbonyl (C=O) groups excluding carboxylic acids is 2. The first kappa shape index (κ1) is 20.9. The molecule has 0 unspecified atom stereocenters. The molecule has 1 aromatic heterocycles. The lowest BCUT2D eigenvalue weighted by Crippen LogP contribution is -2.31. The topological polar surface area (TPSA) is 59.5 Å². The Kier molecular flexibility index (Phi) is 6.59. The van der Waals surface area contributed by atoms with E-state index < -0.39 is 23.6 Å². The van der Waals surface area contributed by atoms with Gasteiger partial charge in [-0.3, -0.25) is 9.69 Å². The number of aromatic nitrogens is 1. The highest BCUT2D eigenvalue weighted by Crippen LogP contribution is 2.31. The van der Waals surface area contributed by atoms with Crippen molar-refractivity contribution in [2.75, 3.05) is 18.1 Å². The Balaban J connectivity index is 2.39. The molecule has 27 heavy (non-hydrogen) atoms. The number of thiazole rings is 1. The zero-order chi connectivity index (χ0) is 20.2. The molecule has 0 N–H and O–H groups in total. The van der Waals surface area contributed by atoms with Gasteiger partial charge in [0.1, 0.15) is 4.88 Å². The molecular weight excluding hydrogens is 381 g/mol. The van der Waals surface area contributed by atoms with Crippen LogP contribution >= 0.6 is 11.3 Å². The summed E-state index contributed by atoms with van der Waals surface area (Å²) in [7, 11) is 0. The van der Waals surface area contributed by atoms with E-state index in [1.165, 1.54) is 17.0 Å². The van der Waals surface area contributed by atoms with Gasteiger partial charge in [0.05, 0.1) is 17.9 Å². The zero-order valence-corrected chi connectivity index (χ0v) is 15.9. The number of hydrogen-bond donors (Lipinski definition) is 0. The third kappa shape index (κ3) is 4.85. The lowest BCUT2D eigenvalue weighted by atomic mass is 10.1. The summed E-state index contributed by atoms with van der Waals surface area (Å²) in [6, 6.07) is 4.25. The van der Waals surface area contributed by atoms with Gasteiger partial charge >= 0.3 is 12.1 Å². The second kappa shape index (κ2) is 8.51. The number of halogens is 3. The Morgan fingerprint density at radius 1 is 1.26 bits per heavy atom. The highest BCUT2D eigenvalue weighted by atomic mass is 32.1. The summed E-state index contributed by atoms with van der Waals surface area (Å²) < 4.78 is 43.8. The Labute approximate surface area is 158 Å². The highest BCUT2D eigenvalue weighted by Gasteiger charge is 2.32. The fraction of sp³-hybridized carbons (Fsp3) is 0.389. The number of anilines is 1. The maximum absolute atomic E-state index is 12.9. The monoisotopic (exact) mass is 400 g/mol. The predicted octanol–water partition coefficient (Wildman–Crippen LogP) is 4.70. The summed E-state index contributed by atoms with van der Waals surface area (Å²) in [6.45, 7) is 5.58. The SMILES string of the molecule is CCCN(C(=O)c1cccc(C(F)(F)F)c1)c1nc(C)c(C(=O)OCC)s1. The van der Waals surface area contributed by atoms with Gasteiger partial charge < -0.3 is 4.74 Å². The molecule has 2 aromatic rings. The van der Waals surface area contributed by atoms with Crippen LogP contribution in [0.5, 0.6) is 0 Å². The fourth-order valence-electron chi connectivity index (χ4n) is 2.38. The number of benzene rings is 1. The van der Waals surface area contributed by atoms with Crippen LogP contribution in [0.25, 0.3) is 0 Å². The molecule has 0 saturated carbocycles. The number of aryl methyl sites for hydroxylation is 1. The van der Waals surface area contributed by atoms with Crippen molar-refractivity contribution in [1.29, 1.82) is 0 Å². The van der Waals surface area contributed by atoms with Gasteiger partial charge in [-0.25, -0.2) is 9.78 Å². The number of rotatable bonds is 6. The Hall–Kier alpha value is -2.42. The van der Waals surface area contributed by atoms with Crippen LogP contribution in [0.3, 0.4) is 0 Å². The maximum Gasteiger partial charge on any atom is 0.416 e. The lowest BCUT2D eigenvalue weighted by Gasteiger charge is -2.19. The summed E-state index contributed by atoms with van der Waals surface area (Å²) >= 11 is 0.986. The number of amides is 1. The van der Waals surface area contributed by atoms with Crippen LogP contribution in [0.15, 0.2) is 24.3 Å². The number of nitrogens with zero attached hydrogens (tertiary/aromatic N) is 2. The average Bonchev–Trinajstić information content (AvgIpc) is 3.00. The van der Waals surface area contributed by atoms with Crippen LogP contribution < -0.4 is 4.90 Å². The van der Waals surface area contributed by atoms with Crippen molar-refractivity contribution in [3.05, 3.63) is 46.0 Å². The molecule has 1 aromatic carbocycles. The third-order valence-electron chi connectivity index (χ3n) is 3.61. The lowest BCUT2D eigenvalue weighted by molar-refractivity contribution is -0.137. The molecule has 1 heterocycles. The molecule has 0 aliphatic carbocycles. The Morgan fingerprint density at radius 2 is 1.96 bits per heavy atom. The number of esters is 1. The van der Waals surface area contributed by atoms with Gasteiger partial charge in [-0.1, -0.05) is 24.3 Å².